The Morgan fingerprint density at radius 3 is 1.95 bits per heavy atom. The highest BCUT2D eigenvalue weighted by molar-refractivity contribution is 5.79. The van der Waals surface area contributed by atoms with Crippen molar-refractivity contribution in [3.63, 3.8) is 0 Å². The van der Waals surface area contributed by atoms with E-state index in [4.69, 9.17) is 5.11 Å². The number of carbonyl (C=O) groups excluding carboxylic acids is 1. The number of nitrogens with zero attached hydrogens (tertiary/aromatic N) is 1. The molecule has 20 heavy (non-hydrogen) atoms. The van der Waals surface area contributed by atoms with Crippen LogP contribution in [0.15, 0.2) is 0 Å². The van der Waals surface area contributed by atoms with E-state index in [9.17, 15) is 22.8 Å². The van der Waals surface area contributed by atoms with Crippen molar-refractivity contribution in [2.45, 2.75) is 45.8 Å². The Morgan fingerprint density at radius 1 is 1.15 bits per heavy atom. The van der Waals surface area contributed by atoms with Gasteiger partial charge >= 0.3 is 18.2 Å². The molecule has 8 heteroatoms. The zero-order chi connectivity index (χ0) is 16.4. The molecular weight excluding hydrogens is 277 g/mol. The van der Waals surface area contributed by atoms with Gasteiger partial charge in [0.25, 0.3) is 0 Å². The van der Waals surface area contributed by atoms with Gasteiger partial charge in [0.15, 0.2) is 0 Å². The number of carboxylic acid groups (broad SMARTS) is 1. The summed E-state index contributed by atoms with van der Waals surface area (Å²) in [5.74, 6) is -1.11. The molecular formula is C12H21F3N2O3. The van der Waals surface area contributed by atoms with Crippen LogP contribution in [0.4, 0.5) is 18.0 Å². The van der Waals surface area contributed by atoms with Gasteiger partial charge in [-0.05, 0) is 27.7 Å². The number of urea groups is 1. The maximum Gasteiger partial charge on any atom is 0.390 e. The molecule has 0 rings (SSSR count). The van der Waals surface area contributed by atoms with Crippen molar-refractivity contribution in [3.05, 3.63) is 0 Å². The fraction of sp³-hybridized carbons (Fsp3) is 0.833. The van der Waals surface area contributed by atoms with Crippen molar-refractivity contribution in [3.8, 4) is 0 Å². The third-order valence-electron chi connectivity index (χ3n) is 3.59. The Balaban J connectivity index is 4.71. The average Bonchev–Trinajstić information content (AvgIpc) is 2.23. The molecule has 0 saturated carbocycles. The molecule has 2 N–H and O–H groups in total. The van der Waals surface area contributed by atoms with Crippen molar-refractivity contribution in [1.82, 2.24) is 10.2 Å². The van der Waals surface area contributed by atoms with E-state index in [1.165, 1.54) is 34.7 Å². The quantitative estimate of drug-likeness (QED) is 0.819. The largest absolute Gasteiger partial charge is 0.481 e. The van der Waals surface area contributed by atoms with E-state index in [1.807, 2.05) is 0 Å². The summed E-state index contributed by atoms with van der Waals surface area (Å²) in [7, 11) is 1.23. The summed E-state index contributed by atoms with van der Waals surface area (Å²) in [4.78, 5) is 23.8. The number of aliphatic carboxylic acids is 1. The predicted molar refractivity (Wildman–Crippen MR) is 67.3 cm³/mol. The van der Waals surface area contributed by atoms with Gasteiger partial charge in [-0.1, -0.05) is 0 Å². The van der Waals surface area contributed by atoms with Crippen molar-refractivity contribution in [2.75, 3.05) is 13.6 Å². The molecule has 0 aliphatic rings. The second kappa shape index (κ2) is 5.88. The summed E-state index contributed by atoms with van der Waals surface area (Å²) >= 11 is 0. The minimum atomic E-state index is -4.34. The van der Waals surface area contributed by atoms with Crippen molar-refractivity contribution >= 4 is 12.0 Å². The first-order chi connectivity index (χ1) is 8.71. The third-order valence-corrected chi connectivity index (χ3v) is 3.59. The molecule has 118 valence electrons. The Hall–Kier alpha value is -1.47. The monoisotopic (exact) mass is 298 g/mol. The van der Waals surface area contributed by atoms with Crippen LogP contribution in [0.1, 0.15) is 34.1 Å². The molecule has 0 aliphatic heterocycles. The number of halogens is 3. The topological polar surface area (TPSA) is 69.6 Å². The van der Waals surface area contributed by atoms with Gasteiger partial charge in [0, 0.05) is 13.6 Å². The van der Waals surface area contributed by atoms with Gasteiger partial charge in [0.2, 0.25) is 0 Å². The minimum Gasteiger partial charge on any atom is -0.481 e. The molecule has 0 fully saturated rings. The molecule has 0 radical (unpaired) electrons. The summed E-state index contributed by atoms with van der Waals surface area (Å²) in [5.41, 5.74) is -2.39. The average molecular weight is 298 g/mol. The first-order valence-electron chi connectivity index (χ1n) is 6.04. The van der Waals surface area contributed by atoms with Crippen LogP contribution in [0.3, 0.4) is 0 Å². The molecule has 5 nitrogen and oxygen atoms in total. The number of rotatable bonds is 5. The Morgan fingerprint density at radius 2 is 1.60 bits per heavy atom. The fourth-order valence-electron chi connectivity index (χ4n) is 1.18. The van der Waals surface area contributed by atoms with Gasteiger partial charge in [-0.25, -0.2) is 4.79 Å². The van der Waals surface area contributed by atoms with Crippen LogP contribution in [0.25, 0.3) is 0 Å². The van der Waals surface area contributed by atoms with E-state index in [2.05, 4.69) is 5.32 Å². The Labute approximate surface area is 116 Å². The first-order valence-corrected chi connectivity index (χ1v) is 6.04. The summed E-state index contributed by atoms with van der Waals surface area (Å²) in [5, 5.41) is 11.6. The second-order valence-electron chi connectivity index (χ2n) is 5.77. The lowest BCUT2D eigenvalue weighted by molar-refractivity contribution is -0.150. The molecule has 2 amide bonds. The van der Waals surface area contributed by atoms with Gasteiger partial charge in [-0.2, -0.15) is 13.2 Å². The standard InChI is InChI=1S/C12H21F3N2O3/c1-10(2,8(18)19)11(3,4)16-9(20)17(5)7-6-12(13,14)15/h6-7H2,1-5H3,(H,16,20)(H,18,19). The van der Waals surface area contributed by atoms with Crippen molar-refractivity contribution < 1.29 is 27.9 Å². The van der Waals surface area contributed by atoms with Crippen LogP contribution in [-0.4, -0.2) is 47.3 Å². The Kier molecular flexibility index (Phi) is 5.45. The summed E-state index contributed by atoms with van der Waals surface area (Å²) in [6.45, 7) is 5.41. The maximum atomic E-state index is 12.1. The maximum absolute atomic E-state index is 12.1. The lowest BCUT2D eigenvalue weighted by Crippen LogP contribution is -2.59. The van der Waals surface area contributed by atoms with Crippen molar-refractivity contribution in [2.24, 2.45) is 5.41 Å². The number of carboxylic acids is 1. The third kappa shape index (κ3) is 4.90. The van der Waals surface area contributed by atoms with Gasteiger partial charge < -0.3 is 15.3 Å². The highest BCUT2D eigenvalue weighted by Crippen LogP contribution is 2.30. The first kappa shape index (κ1) is 18.5. The number of amides is 2. The number of alkyl halides is 3. The minimum absolute atomic E-state index is 0.487. The molecule has 0 atom stereocenters. The lowest BCUT2D eigenvalue weighted by Gasteiger charge is -2.39. The Bertz CT molecular complexity index is 379. The van der Waals surface area contributed by atoms with Gasteiger partial charge in [-0.15, -0.1) is 0 Å². The fourth-order valence-corrected chi connectivity index (χ4v) is 1.18. The molecule has 0 saturated heterocycles. The van der Waals surface area contributed by atoms with Gasteiger partial charge in [-0.3, -0.25) is 4.79 Å². The van der Waals surface area contributed by atoms with Gasteiger partial charge in [0.05, 0.1) is 17.4 Å². The lowest BCUT2D eigenvalue weighted by atomic mass is 9.74. The highest BCUT2D eigenvalue weighted by atomic mass is 19.4. The zero-order valence-electron chi connectivity index (χ0n) is 12.3. The molecule has 0 aromatic heterocycles. The summed E-state index contributed by atoms with van der Waals surface area (Å²) < 4.78 is 36.2. The number of nitrogens with one attached hydrogen (secondary N) is 1. The van der Waals surface area contributed by atoms with Crippen LogP contribution >= 0.6 is 0 Å². The zero-order valence-corrected chi connectivity index (χ0v) is 12.3. The van der Waals surface area contributed by atoms with E-state index >= 15 is 0 Å². The van der Waals surface area contributed by atoms with Crippen molar-refractivity contribution in [1.29, 1.82) is 0 Å². The van der Waals surface area contributed by atoms with Gasteiger partial charge in [0.1, 0.15) is 0 Å². The van der Waals surface area contributed by atoms with E-state index in [-0.39, 0.29) is 0 Å². The summed E-state index contributed by atoms with van der Waals surface area (Å²) in [6, 6.07) is -0.742. The van der Waals surface area contributed by atoms with Crippen LogP contribution in [0.5, 0.6) is 0 Å². The van der Waals surface area contributed by atoms with Crippen LogP contribution in [0.2, 0.25) is 0 Å². The van der Waals surface area contributed by atoms with Crippen LogP contribution < -0.4 is 5.32 Å². The molecule has 0 heterocycles. The molecule has 0 bridgehead atoms. The van der Waals surface area contributed by atoms with E-state index in [0.717, 1.165) is 4.90 Å². The molecule has 0 unspecified atom stereocenters. The molecule has 0 aromatic carbocycles. The van der Waals surface area contributed by atoms with E-state index < -0.39 is 42.1 Å². The normalized spacial score (nSPS) is 13.0. The van der Waals surface area contributed by atoms with Crippen LogP contribution in [-0.2, 0) is 4.79 Å². The molecule has 0 aromatic rings. The molecule has 0 spiro atoms. The van der Waals surface area contributed by atoms with E-state index in [0.29, 0.717) is 0 Å². The molecule has 0 aliphatic carbocycles. The summed E-state index contributed by atoms with van der Waals surface area (Å²) in [6.07, 6.45) is -5.45. The van der Waals surface area contributed by atoms with E-state index in [1.54, 1.807) is 0 Å². The number of carbonyl (C=O) groups is 2. The predicted octanol–water partition coefficient (Wildman–Crippen LogP) is 2.47. The SMILES string of the molecule is CN(CCC(F)(F)F)C(=O)NC(C)(C)C(C)(C)C(=O)O. The second-order valence-corrected chi connectivity index (χ2v) is 5.77. The van der Waals surface area contributed by atoms with Crippen LogP contribution in [0, 0.1) is 5.41 Å². The smallest absolute Gasteiger partial charge is 0.390 e. The number of hydrogen-bond donors (Lipinski definition) is 2. The number of hydrogen-bond acceptors (Lipinski definition) is 2. The highest BCUT2D eigenvalue weighted by Gasteiger charge is 2.44.